The van der Waals surface area contributed by atoms with Crippen LogP contribution < -0.4 is 10.6 Å². The van der Waals surface area contributed by atoms with Gasteiger partial charge in [0.1, 0.15) is 5.76 Å². The van der Waals surface area contributed by atoms with Crippen molar-refractivity contribution in [3.63, 3.8) is 0 Å². The van der Waals surface area contributed by atoms with Crippen LogP contribution in [0.25, 0.3) is 0 Å². The molecule has 3 rings (SSSR count). The minimum Gasteiger partial charge on any atom is -0.360 e. The van der Waals surface area contributed by atoms with Crippen LogP contribution in [-0.4, -0.2) is 33.4 Å². The van der Waals surface area contributed by atoms with Gasteiger partial charge in [-0.1, -0.05) is 5.16 Å². The fourth-order valence-electron chi connectivity index (χ4n) is 2.63. The predicted octanol–water partition coefficient (Wildman–Crippen LogP) is 3.02. The molecule has 1 aromatic heterocycles. The number of imide groups is 1. The lowest BCUT2D eigenvalue weighted by atomic mass is 10.1. The number of aryl methyl sites for hydroxylation is 1. The lowest BCUT2D eigenvalue weighted by molar-refractivity contribution is 0.0507. The molecule has 2 heterocycles. The Labute approximate surface area is 144 Å². The molecule has 1 aliphatic rings. The average Bonchev–Trinajstić information content (AvgIpc) is 3.00. The standard InChI is InChI=1S/C17H18N4O4/c1-9-7-13(20-25-9)19-16(24)18-10-5-6-11-12(8-10)15(23)21(14(11)22)17(2,3)4/h5-8H,1-4H3,(H2,18,19,20,24). The number of urea groups is 1. The van der Waals surface area contributed by atoms with Gasteiger partial charge in [0.25, 0.3) is 11.8 Å². The van der Waals surface area contributed by atoms with Crippen molar-refractivity contribution in [1.29, 1.82) is 0 Å². The molecule has 1 aromatic carbocycles. The molecule has 1 aliphatic heterocycles. The highest BCUT2D eigenvalue weighted by atomic mass is 16.5. The molecule has 8 nitrogen and oxygen atoms in total. The zero-order chi connectivity index (χ0) is 18.4. The number of carbonyl (C=O) groups excluding carboxylic acids is 3. The first-order valence-corrected chi connectivity index (χ1v) is 7.71. The molecule has 0 unspecified atom stereocenters. The Morgan fingerprint density at radius 2 is 1.76 bits per heavy atom. The van der Waals surface area contributed by atoms with Gasteiger partial charge in [0.05, 0.1) is 11.1 Å². The summed E-state index contributed by atoms with van der Waals surface area (Å²) in [6, 6.07) is 5.65. The number of amides is 4. The largest absolute Gasteiger partial charge is 0.360 e. The number of carbonyl (C=O) groups is 3. The van der Waals surface area contributed by atoms with Crippen molar-refractivity contribution in [2.45, 2.75) is 33.2 Å². The van der Waals surface area contributed by atoms with Crippen LogP contribution in [0.2, 0.25) is 0 Å². The maximum Gasteiger partial charge on any atom is 0.324 e. The quantitative estimate of drug-likeness (QED) is 0.816. The van der Waals surface area contributed by atoms with Crippen molar-refractivity contribution in [3.8, 4) is 0 Å². The smallest absolute Gasteiger partial charge is 0.324 e. The number of aromatic nitrogens is 1. The average molecular weight is 342 g/mol. The minimum absolute atomic E-state index is 0.273. The lowest BCUT2D eigenvalue weighted by Crippen LogP contribution is -2.45. The molecular formula is C17H18N4O4. The third-order valence-corrected chi connectivity index (χ3v) is 3.68. The van der Waals surface area contributed by atoms with Crippen molar-refractivity contribution < 1.29 is 18.9 Å². The van der Waals surface area contributed by atoms with Crippen LogP contribution in [0.3, 0.4) is 0 Å². The van der Waals surface area contributed by atoms with Gasteiger partial charge in [0, 0.05) is 17.3 Å². The summed E-state index contributed by atoms with van der Waals surface area (Å²) in [7, 11) is 0. The Morgan fingerprint density at radius 1 is 1.08 bits per heavy atom. The van der Waals surface area contributed by atoms with E-state index in [9.17, 15) is 14.4 Å². The Bertz CT molecular complexity index is 879. The van der Waals surface area contributed by atoms with Crippen molar-refractivity contribution in [3.05, 3.63) is 41.2 Å². The lowest BCUT2D eigenvalue weighted by Gasteiger charge is -2.29. The van der Waals surface area contributed by atoms with Gasteiger partial charge in [0.15, 0.2) is 5.82 Å². The van der Waals surface area contributed by atoms with Gasteiger partial charge < -0.3 is 9.84 Å². The number of benzene rings is 1. The Kier molecular flexibility index (Phi) is 3.82. The molecule has 0 atom stereocenters. The summed E-state index contributed by atoms with van der Waals surface area (Å²) in [4.78, 5) is 38.2. The van der Waals surface area contributed by atoms with Crippen molar-refractivity contribution >= 4 is 29.4 Å². The van der Waals surface area contributed by atoms with E-state index in [0.717, 1.165) is 0 Å². The summed E-state index contributed by atoms with van der Waals surface area (Å²) in [6.45, 7) is 7.09. The zero-order valence-electron chi connectivity index (χ0n) is 14.3. The fraction of sp³-hybridized carbons (Fsp3) is 0.294. The summed E-state index contributed by atoms with van der Waals surface area (Å²) in [5, 5.41) is 8.78. The van der Waals surface area contributed by atoms with E-state index in [-0.39, 0.29) is 23.2 Å². The van der Waals surface area contributed by atoms with E-state index in [1.165, 1.54) is 17.0 Å². The Balaban J connectivity index is 1.79. The van der Waals surface area contributed by atoms with E-state index in [1.54, 1.807) is 39.8 Å². The third-order valence-electron chi connectivity index (χ3n) is 3.68. The van der Waals surface area contributed by atoms with Crippen LogP contribution in [0, 0.1) is 6.92 Å². The molecule has 0 saturated heterocycles. The highest BCUT2D eigenvalue weighted by Crippen LogP contribution is 2.30. The summed E-state index contributed by atoms with van der Waals surface area (Å²) in [5.41, 5.74) is 0.379. The summed E-state index contributed by atoms with van der Waals surface area (Å²) >= 11 is 0. The maximum atomic E-state index is 12.5. The molecule has 2 N–H and O–H groups in total. The van der Waals surface area contributed by atoms with Gasteiger partial charge in [-0.3, -0.25) is 19.8 Å². The number of hydrogen-bond acceptors (Lipinski definition) is 5. The van der Waals surface area contributed by atoms with E-state index < -0.39 is 11.6 Å². The number of nitrogens with zero attached hydrogens (tertiary/aromatic N) is 2. The predicted molar refractivity (Wildman–Crippen MR) is 90.6 cm³/mol. The zero-order valence-corrected chi connectivity index (χ0v) is 14.3. The fourth-order valence-corrected chi connectivity index (χ4v) is 2.63. The van der Waals surface area contributed by atoms with E-state index in [2.05, 4.69) is 15.8 Å². The molecular weight excluding hydrogens is 324 g/mol. The SMILES string of the molecule is Cc1cc(NC(=O)Nc2ccc3c(c2)C(=O)N(C(C)(C)C)C3=O)no1. The molecule has 4 amide bonds. The monoisotopic (exact) mass is 342 g/mol. The molecule has 25 heavy (non-hydrogen) atoms. The van der Waals surface area contributed by atoms with Crippen LogP contribution in [-0.2, 0) is 0 Å². The number of rotatable bonds is 2. The molecule has 2 aromatic rings. The van der Waals surface area contributed by atoms with Gasteiger partial charge in [-0.15, -0.1) is 0 Å². The number of fused-ring (bicyclic) bond motifs is 1. The summed E-state index contributed by atoms with van der Waals surface area (Å²) in [6.07, 6.45) is 0. The number of nitrogens with one attached hydrogen (secondary N) is 2. The van der Waals surface area contributed by atoms with Crippen LogP contribution in [0.5, 0.6) is 0 Å². The van der Waals surface area contributed by atoms with Gasteiger partial charge in [0.2, 0.25) is 0 Å². The van der Waals surface area contributed by atoms with E-state index in [4.69, 9.17) is 4.52 Å². The second kappa shape index (κ2) is 5.73. The van der Waals surface area contributed by atoms with Crippen molar-refractivity contribution in [2.24, 2.45) is 0 Å². The summed E-state index contributed by atoms with van der Waals surface area (Å²) in [5.74, 6) is 0.144. The third kappa shape index (κ3) is 3.10. The molecule has 0 saturated carbocycles. The number of anilines is 2. The van der Waals surface area contributed by atoms with Crippen molar-refractivity contribution in [2.75, 3.05) is 10.6 Å². The molecule has 0 bridgehead atoms. The van der Waals surface area contributed by atoms with Crippen LogP contribution >= 0.6 is 0 Å². The molecule has 0 aliphatic carbocycles. The van der Waals surface area contributed by atoms with Gasteiger partial charge in [-0.25, -0.2) is 4.79 Å². The Morgan fingerprint density at radius 3 is 2.36 bits per heavy atom. The first kappa shape index (κ1) is 16.7. The molecule has 130 valence electrons. The topological polar surface area (TPSA) is 105 Å². The van der Waals surface area contributed by atoms with Crippen molar-refractivity contribution in [1.82, 2.24) is 10.1 Å². The normalized spacial score (nSPS) is 13.8. The van der Waals surface area contributed by atoms with Crippen LogP contribution in [0.1, 0.15) is 47.2 Å². The van der Waals surface area contributed by atoms with Gasteiger partial charge >= 0.3 is 6.03 Å². The van der Waals surface area contributed by atoms with E-state index in [1.807, 2.05) is 0 Å². The maximum absolute atomic E-state index is 12.5. The van der Waals surface area contributed by atoms with E-state index >= 15 is 0 Å². The Hall–Kier alpha value is -3.16. The molecule has 0 spiro atoms. The van der Waals surface area contributed by atoms with E-state index in [0.29, 0.717) is 17.0 Å². The minimum atomic E-state index is -0.622. The highest BCUT2D eigenvalue weighted by molar-refractivity contribution is 6.22. The van der Waals surface area contributed by atoms with Crippen LogP contribution in [0.15, 0.2) is 28.8 Å². The first-order chi connectivity index (χ1) is 11.7. The highest BCUT2D eigenvalue weighted by Gasteiger charge is 2.41. The van der Waals surface area contributed by atoms with Gasteiger partial charge in [-0.2, -0.15) is 0 Å². The van der Waals surface area contributed by atoms with Crippen LogP contribution in [0.4, 0.5) is 16.3 Å². The molecule has 0 radical (unpaired) electrons. The number of hydrogen-bond donors (Lipinski definition) is 2. The first-order valence-electron chi connectivity index (χ1n) is 7.71. The second-order valence-electron chi connectivity index (χ2n) is 6.78. The van der Waals surface area contributed by atoms with Gasteiger partial charge in [-0.05, 0) is 45.9 Å². The molecule has 8 heteroatoms. The second-order valence-corrected chi connectivity index (χ2v) is 6.78. The summed E-state index contributed by atoms with van der Waals surface area (Å²) < 4.78 is 4.87. The molecule has 0 fully saturated rings.